The van der Waals surface area contributed by atoms with E-state index in [0.717, 1.165) is 0 Å². The molecule has 0 saturated carbocycles. The van der Waals surface area contributed by atoms with E-state index in [1.54, 1.807) is 0 Å². The molecule has 4 heteroatoms. The van der Waals surface area contributed by atoms with Gasteiger partial charge >= 0.3 is 0 Å². The summed E-state index contributed by atoms with van der Waals surface area (Å²) in [5, 5.41) is 0. The number of rotatable bonds is 1. The molecular weight excluding hydrogens is 145 g/mol. The van der Waals surface area contributed by atoms with E-state index in [1.165, 1.54) is 6.20 Å². The van der Waals surface area contributed by atoms with Crippen molar-refractivity contribution in [3.8, 4) is 0 Å². The average Bonchev–Trinajstić information content (AvgIpc) is 1.94. The first-order valence-corrected chi connectivity index (χ1v) is 3.39. The molecule has 0 fully saturated rings. The summed E-state index contributed by atoms with van der Waals surface area (Å²) < 4.78 is 12.8. The molecule has 0 amide bonds. The lowest BCUT2D eigenvalue weighted by Crippen LogP contribution is -2.03. The van der Waals surface area contributed by atoms with Crippen LogP contribution in [0.3, 0.4) is 0 Å². The molecule has 0 radical (unpaired) electrons. The monoisotopic (exact) mass is 155 g/mol. The van der Waals surface area contributed by atoms with Gasteiger partial charge in [-0.25, -0.2) is 9.97 Å². The number of nitrogen functional groups attached to an aromatic ring is 1. The van der Waals surface area contributed by atoms with Gasteiger partial charge in [0.15, 0.2) is 0 Å². The minimum Gasteiger partial charge on any atom is -0.382 e. The summed E-state index contributed by atoms with van der Waals surface area (Å²) in [5.41, 5.74) is 5.65. The number of anilines is 1. The Bertz CT molecular complexity index is 260. The summed E-state index contributed by atoms with van der Waals surface area (Å²) in [7, 11) is 0. The van der Waals surface area contributed by atoms with Crippen molar-refractivity contribution in [1.82, 2.24) is 9.97 Å². The summed E-state index contributed by atoms with van der Waals surface area (Å²) in [6.45, 7) is 3.68. The van der Waals surface area contributed by atoms with Crippen molar-refractivity contribution in [2.75, 3.05) is 5.73 Å². The zero-order valence-electron chi connectivity index (χ0n) is 6.50. The highest BCUT2D eigenvalue weighted by molar-refractivity contribution is 5.25. The van der Waals surface area contributed by atoms with Crippen LogP contribution in [0.5, 0.6) is 0 Å². The van der Waals surface area contributed by atoms with E-state index in [1.807, 2.05) is 13.8 Å². The number of nitrogens with two attached hydrogens (primary N) is 1. The fourth-order valence-electron chi connectivity index (χ4n) is 0.770. The van der Waals surface area contributed by atoms with Gasteiger partial charge < -0.3 is 5.73 Å². The lowest BCUT2D eigenvalue weighted by atomic mass is 10.1. The summed E-state index contributed by atoms with van der Waals surface area (Å²) >= 11 is 0. The van der Waals surface area contributed by atoms with Crippen LogP contribution >= 0.6 is 0 Å². The molecule has 1 aromatic rings. The second kappa shape index (κ2) is 2.82. The lowest BCUT2D eigenvalue weighted by molar-refractivity contribution is 0.544. The molecule has 0 saturated heterocycles. The zero-order valence-corrected chi connectivity index (χ0v) is 6.50. The third kappa shape index (κ3) is 1.63. The maximum atomic E-state index is 12.8. The number of hydrogen-bond donors (Lipinski definition) is 1. The van der Waals surface area contributed by atoms with Gasteiger partial charge in [0.05, 0.1) is 6.20 Å². The number of hydrogen-bond acceptors (Lipinski definition) is 3. The molecule has 0 aliphatic heterocycles. The second-order valence-electron chi connectivity index (χ2n) is 2.63. The van der Waals surface area contributed by atoms with Crippen LogP contribution in [0, 0.1) is 5.95 Å². The molecule has 0 spiro atoms. The van der Waals surface area contributed by atoms with Crippen molar-refractivity contribution >= 4 is 5.82 Å². The molecule has 0 aliphatic carbocycles. The van der Waals surface area contributed by atoms with E-state index in [-0.39, 0.29) is 11.7 Å². The topological polar surface area (TPSA) is 51.8 Å². The van der Waals surface area contributed by atoms with E-state index < -0.39 is 5.95 Å². The highest BCUT2D eigenvalue weighted by Gasteiger charge is 2.08. The smallest absolute Gasteiger partial charge is 0.234 e. The summed E-state index contributed by atoms with van der Waals surface area (Å²) in [4.78, 5) is 7.26. The molecule has 0 unspecified atom stereocenters. The van der Waals surface area contributed by atoms with Gasteiger partial charge in [-0.1, -0.05) is 13.8 Å². The van der Waals surface area contributed by atoms with Crippen LogP contribution in [-0.2, 0) is 0 Å². The van der Waals surface area contributed by atoms with E-state index in [9.17, 15) is 4.39 Å². The van der Waals surface area contributed by atoms with Crippen LogP contribution in [0.25, 0.3) is 0 Å². The molecule has 60 valence electrons. The van der Waals surface area contributed by atoms with Crippen LogP contribution in [0.15, 0.2) is 6.20 Å². The van der Waals surface area contributed by atoms with Gasteiger partial charge in [-0.05, 0) is 0 Å². The van der Waals surface area contributed by atoms with Gasteiger partial charge in [0.2, 0.25) is 5.95 Å². The van der Waals surface area contributed by atoms with Crippen LogP contribution < -0.4 is 5.73 Å². The van der Waals surface area contributed by atoms with E-state index in [4.69, 9.17) is 5.73 Å². The van der Waals surface area contributed by atoms with Gasteiger partial charge in [-0.2, -0.15) is 4.39 Å². The molecule has 0 bridgehead atoms. The molecule has 1 rings (SSSR count). The Kier molecular flexibility index (Phi) is 2.03. The molecule has 11 heavy (non-hydrogen) atoms. The molecule has 0 aliphatic rings. The third-order valence-electron chi connectivity index (χ3n) is 1.32. The Morgan fingerprint density at radius 1 is 1.55 bits per heavy atom. The van der Waals surface area contributed by atoms with E-state index in [0.29, 0.717) is 5.69 Å². The van der Waals surface area contributed by atoms with Crippen molar-refractivity contribution in [2.24, 2.45) is 0 Å². The largest absolute Gasteiger partial charge is 0.382 e. The predicted molar refractivity (Wildman–Crippen MR) is 40.5 cm³/mol. The standard InChI is InChI=1S/C7H10FN3/c1-4(2)6-7(8)10-3-5(9)11-6/h3-4H,1-2H3,(H2,9,11). The highest BCUT2D eigenvalue weighted by Crippen LogP contribution is 2.14. The van der Waals surface area contributed by atoms with E-state index >= 15 is 0 Å². The van der Waals surface area contributed by atoms with Crippen molar-refractivity contribution in [3.63, 3.8) is 0 Å². The van der Waals surface area contributed by atoms with Crippen molar-refractivity contribution < 1.29 is 4.39 Å². The highest BCUT2D eigenvalue weighted by atomic mass is 19.1. The molecule has 1 aromatic heterocycles. The molecule has 0 aromatic carbocycles. The summed E-state index contributed by atoms with van der Waals surface area (Å²) in [5.74, 6) is -0.254. The first-order valence-electron chi connectivity index (χ1n) is 3.39. The van der Waals surface area contributed by atoms with Gasteiger partial charge in [0.1, 0.15) is 11.5 Å². The Hall–Kier alpha value is -1.19. The maximum absolute atomic E-state index is 12.8. The molecular formula is C7H10FN3. The number of nitrogens with zero attached hydrogens (tertiary/aromatic N) is 2. The second-order valence-corrected chi connectivity index (χ2v) is 2.63. The molecule has 1 heterocycles. The summed E-state index contributed by atoms with van der Waals surface area (Å²) in [6.07, 6.45) is 1.21. The van der Waals surface area contributed by atoms with E-state index in [2.05, 4.69) is 9.97 Å². The van der Waals surface area contributed by atoms with Crippen molar-refractivity contribution in [3.05, 3.63) is 17.8 Å². The minimum absolute atomic E-state index is 0.0194. The fraction of sp³-hybridized carbons (Fsp3) is 0.429. The van der Waals surface area contributed by atoms with Crippen LogP contribution in [-0.4, -0.2) is 9.97 Å². The van der Waals surface area contributed by atoms with Gasteiger partial charge in [-0.3, -0.25) is 0 Å². The molecule has 2 N–H and O–H groups in total. The normalized spacial score (nSPS) is 10.5. The third-order valence-corrected chi connectivity index (χ3v) is 1.32. The summed E-state index contributed by atoms with van der Waals surface area (Å²) in [6, 6.07) is 0. The SMILES string of the molecule is CC(C)c1nc(N)cnc1F. The van der Waals surface area contributed by atoms with Gasteiger partial charge in [-0.15, -0.1) is 0 Å². The Labute approximate surface area is 64.5 Å². The molecule has 3 nitrogen and oxygen atoms in total. The maximum Gasteiger partial charge on any atom is 0.234 e. The lowest BCUT2D eigenvalue weighted by Gasteiger charge is -2.04. The first kappa shape index (κ1) is 7.91. The zero-order chi connectivity index (χ0) is 8.43. The minimum atomic E-state index is -0.533. The Balaban J connectivity index is 3.13. The first-order chi connectivity index (χ1) is 5.11. The van der Waals surface area contributed by atoms with Crippen LogP contribution in [0.1, 0.15) is 25.5 Å². The fourth-order valence-corrected chi connectivity index (χ4v) is 0.770. The van der Waals surface area contributed by atoms with Crippen molar-refractivity contribution in [2.45, 2.75) is 19.8 Å². The quantitative estimate of drug-likeness (QED) is 0.665. The van der Waals surface area contributed by atoms with Gasteiger partial charge in [0, 0.05) is 5.92 Å². The van der Waals surface area contributed by atoms with Crippen LogP contribution in [0.2, 0.25) is 0 Å². The predicted octanol–water partition coefficient (Wildman–Crippen LogP) is 1.32. The van der Waals surface area contributed by atoms with Gasteiger partial charge in [0.25, 0.3) is 0 Å². The number of aromatic nitrogens is 2. The number of halogens is 1. The Morgan fingerprint density at radius 3 is 2.64 bits per heavy atom. The van der Waals surface area contributed by atoms with Crippen molar-refractivity contribution in [1.29, 1.82) is 0 Å². The average molecular weight is 155 g/mol. The molecule has 0 atom stereocenters. The Morgan fingerprint density at radius 2 is 2.18 bits per heavy atom. The van der Waals surface area contributed by atoms with Crippen LogP contribution in [0.4, 0.5) is 10.2 Å².